The molecule has 0 unspecified atom stereocenters. The molecule has 0 bridgehead atoms. The van der Waals surface area contributed by atoms with E-state index in [2.05, 4.69) is 33.8 Å². The predicted octanol–water partition coefficient (Wildman–Crippen LogP) is 2.40. The fourth-order valence-electron chi connectivity index (χ4n) is 2.25. The van der Waals surface area contributed by atoms with Crippen molar-refractivity contribution in [3.05, 3.63) is 0 Å². The van der Waals surface area contributed by atoms with Gasteiger partial charge < -0.3 is 10.6 Å². The lowest BCUT2D eigenvalue weighted by molar-refractivity contribution is -0.119. The molecule has 1 heterocycles. The van der Waals surface area contributed by atoms with Gasteiger partial charge in [0.05, 0.1) is 11.8 Å². The third kappa shape index (κ3) is 4.58. The van der Waals surface area contributed by atoms with Crippen LogP contribution >= 0.6 is 23.1 Å². The zero-order valence-corrected chi connectivity index (χ0v) is 13.6. The van der Waals surface area contributed by atoms with Crippen molar-refractivity contribution in [1.82, 2.24) is 15.5 Å². The second kappa shape index (κ2) is 7.61. The molecule has 21 heavy (non-hydrogen) atoms. The summed E-state index contributed by atoms with van der Waals surface area (Å²) in [5, 5.41) is 24.1. The average molecular weight is 325 g/mol. The number of nitrogens with one attached hydrogen (secondary N) is 2. The summed E-state index contributed by atoms with van der Waals surface area (Å²) in [5.41, 5.74) is -0.646. The molecule has 2 N–H and O–H groups in total. The van der Waals surface area contributed by atoms with Crippen LogP contribution in [0.3, 0.4) is 0 Å². The molecule has 1 amide bonds. The van der Waals surface area contributed by atoms with Crippen LogP contribution in [0.2, 0.25) is 0 Å². The van der Waals surface area contributed by atoms with Crippen LogP contribution in [-0.2, 0) is 4.79 Å². The summed E-state index contributed by atoms with van der Waals surface area (Å²) in [5.74, 6) is 0.160. The van der Waals surface area contributed by atoms with Crippen molar-refractivity contribution in [1.29, 1.82) is 5.26 Å². The van der Waals surface area contributed by atoms with E-state index in [-0.39, 0.29) is 11.7 Å². The Labute approximate surface area is 132 Å². The molecule has 1 aromatic rings. The first-order chi connectivity index (χ1) is 10.2. The van der Waals surface area contributed by atoms with Crippen LogP contribution in [0.4, 0.5) is 5.13 Å². The highest BCUT2D eigenvalue weighted by atomic mass is 32.2. The maximum absolute atomic E-state index is 12.0. The number of amides is 1. The van der Waals surface area contributed by atoms with Gasteiger partial charge in [-0.05, 0) is 32.1 Å². The van der Waals surface area contributed by atoms with Crippen molar-refractivity contribution in [2.75, 3.05) is 17.6 Å². The maximum Gasteiger partial charge on any atom is 0.231 e. The van der Waals surface area contributed by atoms with Crippen LogP contribution < -0.4 is 10.6 Å². The van der Waals surface area contributed by atoms with Crippen molar-refractivity contribution >= 4 is 34.1 Å². The lowest BCUT2D eigenvalue weighted by atomic mass is 10.0. The average Bonchev–Trinajstić information content (AvgIpc) is 3.13. The van der Waals surface area contributed by atoms with E-state index in [1.807, 2.05) is 0 Å². The Morgan fingerprint density at radius 1 is 1.48 bits per heavy atom. The zero-order valence-electron chi connectivity index (χ0n) is 12.0. The Bertz CT molecular complexity index is 519. The summed E-state index contributed by atoms with van der Waals surface area (Å²) in [4.78, 5) is 12.0. The quantitative estimate of drug-likeness (QED) is 0.748. The van der Waals surface area contributed by atoms with E-state index < -0.39 is 5.54 Å². The highest BCUT2D eigenvalue weighted by Crippen LogP contribution is 2.29. The number of aromatic nitrogens is 2. The first-order valence-electron chi connectivity index (χ1n) is 7.10. The number of thioether (sulfide) groups is 1. The highest BCUT2D eigenvalue weighted by Gasteiger charge is 2.35. The Morgan fingerprint density at radius 3 is 2.90 bits per heavy atom. The van der Waals surface area contributed by atoms with Gasteiger partial charge in [0.2, 0.25) is 11.0 Å². The van der Waals surface area contributed by atoms with Crippen LogP contribution in [0.5, 0.6) is 0 Å². The normalized spacial score (nSPS) is 16.4. The lowest BCUT2D eigenvalue weighted by Crippen LogP contribution is -2.45. The third-order valence-corrected chi connectivity index (χ3v) is 5.32. The van der Waals surface area contributed by atoms with Gasteiger partial charge in [-0.25, -0.2) is 0 Å². The Kier molecular flexibility index (Phi) is 5.82. The molecule has 0 atom stereocenters. The molecule has 0 spiro atoms. The standard InChI is InChI=1S/C13H19N5OS2/c1-2-7-15-11-17-18-12(21-11)20-8-10(19)16-13(9-14)5-3-4-6-13/h2-8H2,1H3,(H,15,17)(H,16,19). The first-order valence-corrected chi connectivity index (χ1v) is 8.90. The van der Waals surface area contributed by atoms with Gasteiger partial charge in [-0.15, -0.1) is 10.2 Å². The molecule has 1 aliphatic rings. The molecule has 2 rings (SSSR count). The summed E-state index contributed by atoms with van der Waals surface area (Å²) in [6.45, 7) is 2.95. The van der Waals surface area contributed by atoms with Gasteiger partial charge in [-0.1, -0.05) is 30.0 Å². The van der Waals surface area contributed by atoms with Gasteiger partial charge in [-0.2, -0.15) is 5.26 Å². The van der Waals surface area contributed by atoms with Gasteiger partial charge in [0.15, 0.2) is 4.34 Å². The molecule has 0 saturated heterocycles. The minimum atomic E-state index is -0.646. The first kappa shape index (κ1) is 16.0. The molecule has 1 aromatic heterocycles. The van der Waals surface area contributed by atoms with Crippen molar-refractivity contribution in [3.8, 4) is 6.07 Å². The predicted molar refractivity (Wildman–Crippen MR) is 84.4 cm³/mol. The van der Waals surface area contributed by atoms with E-state index in [1.54, 1.807) is 0 Å². The van der Waals surface area contributed by atoms with E-state index in [0.29, 0.717) is 0 Å². The minimum Gasteiger partial charge on any atom is -0.360 e. The number of carbonyl (C=O) groups excluding carboxylic acids is 1. The Balaban J connectivity index is 1.78. The van der Waals surface area contributed by atoms with Gasteiger partial charge in [0.25, 0.3) is 0 Å². The fraction of sp³-hybridized carbons (Fsp3) is 0.692. The molecular formula is C13H19N5OS2. The number of anilines is 1. The number of nitrogens with zero attached hydrogens (tertiary/aromatic N) is 3. The smallest absolute Gasteiger partial charge is 0.231 e. The van der Waals surface area contributed by atoms with Crippen molar-refractivity contribution in [2.24, 2.45) is 0 Å². The van der Waals surface area contributed by atoms with Crippen molar-refractivity contribution in [2.45, 2.75) is 48.9 Å². The number of hydrogen-bond acceptors (Lipinski definition) is 7. The Morgan fingerprint density at radius 2 is 2.24 bits per heavy atom. The van der Waals surface area contributed by atoms with E-state index in [4.69, 9.17) is 0 Å². The Hall–Kier alpha value is -1.33. The molecule has 114 valence electrons. The maximum atomic E-state index is 12.0. The molecular weight excluding hydrogens is 306 g/mol. The van der Waals surface area contributed by atoms with Gasteiger partial charge in [-0.3, -0.25) is 4.79 Å². The van der Waals surface area contributed by atoms with Gasteiger partial charge >= 0.3 is 0 Å². The molecule has 1 aliphatic carbocycles. The van der Waals surface area contributed by atoms with Crippen LogP contribution in [0, 0.1) is 11.3 Å². The number of carbonyl (C=O) groups is 1. The molecule has 1 fully saturated rings. The third-order valence-electron chi connectivity index (χ3n) is 3.31. The second-order valence-electron chi connectivity index (χ2n) is 5.04. The number of hydrogen-bond donors (Lipinski definition) is 2. The van der Waals surface area contributed by atoms with E-state index in [9.17, 15) is 10.1 Å². The molecule has 0 aliphatic heterocycles. The van der Waals surface area contributed by atoms with Crippen molar-refractivity contribution < 1.29 is 4.79 Å². The molecule has 8 heteroatoms. The second-order valence-corrected chi connectivity index (χ2v) is 7.24. The zero-order chi connectivity index (χ0) is 15.1. The topological polar surface area (TPSA) is 90.7 Å². The summed E-state index contributed by atoms with van der Waals surface area (Å²) < 4.78 is 0.765. The lowest BCUT2D eigenvalue weighted by Gasteiger charge is -2.21. The number of rotatable bonds is 7. The van der Waals surface area contributed by atoms with Crippen LogP contribution in [0.25, 0.3) is 0 Å². The fourth-order valence-corrected chi connectivity index (χ4v) is 3.82. The summed E-state index contributed by atoms with van der Waals surface area (Å²) in [7, 11) is 0. The molecule has 0 radical (unpaired) electrons. The summed E-state index contributed by atoms with van der Waals surface area (Å²) in [6.07, 6.45) is 4.54. The van der Waals surface area contributed by atoms with Gasteiger partial charge in [0, 0.05) is 6.54 Å². The number of nitriles is 1. The largest absolute Gasteiger partial charge is 0.360 e. The summed E-state index contributed by atoms with van der Waals surface area (Å²) >= 11 is 2.81. The summed E-state index contributed by atoms with van der Waals surface area (Å²) in [6, 6.07) is 2.26. The van der Waals surface area contributed by atoms with Crippen LogP contribution in [0.15, 0.2) is 4.34 Å². The molecule has 6 nitrogen and oxygen atoms in total. The van der Waals surface area contributed by atoms with Crippen molar-refractivity contribution in [3.63, 3.8) is 0 Å². The van der Waals surface area contributed by atoms with Crippen LogP contribution in [0.1, 0.15) is 39.0 Å². The van der Waals surface area contributed by atoms with E-state index in [1.165, 1.54) is 23.1 Å². The highest BCUT2D eigenvalue weighted by molar-refractivity contribution is 8.01. The monoisotopic (exact) mass is 325 g/mol. The minimum absolute atomic E-state index is 0.110. The van der Waals surface area contributed by atoms with Crippen LogP contribution in [-0.4, -0.2) is 33.9 Å². The van der Waals surface area contributed by atoms with E-state index in [0.717, 1.165) is 48.1 Å². The molecule has 0 aromatic carbocycles. The SMILES string of the molecule is CCCNc1nnc(SCC(=O)NC2(C#N)CCCC2)s1. The van der Waals surface area contributed by atoms with Gasteiger partial charge in [0.1, 0.15) is 5.54 Å². The molecule has 1 saturated carbocycles. The van der Waals surface area contributed by atoms with E-state index >= 15 is 0 Å².